The molecule has 1 amide bonds. The van der Waals surface area contributed by atoms with Crippen LogP contribution in [-0.4, -0.2) is 47.8 Å². The Morgan fingerprint density at radius 2 is 2.04 bits per heavy atom. The van der Waals surface area contributed by atoms with Gasteiger partial charge in [0.05, 0.1) is 23.3 Å². The fraction of sp³-hybridized carbons (Fsp3) is 0.611. The van der Waals surface area contributed by atoms with Gasteiger partial charge < -0.3 is 14.7 Å². The molecule has 5 heteroatoms. The minimum absolute atomic E-state index is 0.000482. The first-order valence-corrected chi connectivity index (χ1v) is 8.70. The molecule has 3 rings (SSSR count). The van der Waals surface area contributed by atoms with E-state index >= 15 is 0 Å². The molecule has 2 saturated heterocycles. The van der Waals surface area contributed by atoms with Crippen molar-refractivity contribution >= 4 is 17.5 Å². The summed E-state index contributed by atoms with van der Waals surface area (Å²) in [4.78, 5) is 14.9. The van der Waals surface area contributed by atoms with Crippen LogP contribution in [0, 0.1) is 19.8 Å². The second-order valence-electron chi connectivity index (χ2n) is 6.72. The molecule has 2 aliphatic rings. The Labute approximate surface area is 142 Å². The highest BCUT2D eigenvalue weighted by Gasteiger charge is 2.40. The van der Waals surface area contributed by atoms with Crippen molar-refractivity contribution in [2.45, 2.75) is 45.3 Å². The molecule has 4 nitrogen and oxygen atoms in total. The number of rotatable bonds is 2. The molecule has 1 N–H and O–H groups in total. The Morgan fingerprint density at radius 3 is 2.78 bits per heavy atom. The summed E-state index contributed by atoms with van der Waals surface area (Å²) in [7, 11) is 0. The van der Waals surface area contributed by atoms with E-state index in [2.05, 4.69) is 0 Å². The topological polar surface area (TPSA) is 49.8 Å². The normalized spacial score (nSPS) is 28.2. The second kappa shape index (κ2) is 6.80. The molecular formula is C18H24ClNO3. The molecule has 0 aliphatic carbocycles. The molecule has 0 spiro atoms. The van der Waals surface area contributed by atoms with E-state index in [1.807, 2.05) is 30.9 Å². The number of aryl methyl sites for hydroxylation is 2. The minimum Gasteiger partial charge on any atom is -0.393 e. The zero-order chi connectivity index (χ0) is 16.6. The summed E-state index contributed by atoms with van der Waals surface area (Å²) in [5, 5.41) is 10.8. The Hall–Kier alpha value is -1.10. The molecular weight excluding hydrogens is 314 g/mol. The molecule has 0 radical (unpaired) electrons. The first kappa shape index (κ1) is 16.7. The largest absolute Gasteiger partial charge is 0.393 e. The molecule has 0 saturated carbocycles. The predicted molar refractivity (Wildman–Crippen MR) is 89.9 cm³/mol. The van der Waals surface area contributed by atoms with Gasteiger partial charge in [-0.2, -0.15) is 0 Å². The highest BCUT2D eigenvalue weighted by Crippen LogP contribution is 2.32. The number of amides is 1. The van der Waals surface area contributed by atoms with Gasteiger partial charge in [0.15, 0.2) is 0 Å². The van der Waals surface area contributed by atoms with Crippen LogP contribution >= 0.6 is 11.6 Å². The van der Waals surface area contributed by atoms with Gasteiger partial charge in [-0.15, -0.1) is 0 Å². The van der Waals surface area contributed by atoms with Crippen molar-refractivity contribution in [2.75, 3.05) is 19.8 Å². The average Bonchev–Trinajstić information content (AvgIpc) is 3.00. The summed E-state index contributed by atoms with van der Waals surface area (Å²) in [6.45, 7) is 5.82. The molecule has 23 heavy (non-hydrogen) atoms. The van der Waals surface area contributed by atoms with Crippen molar-refractivity contribution in [3.63, 3.8) is 0 Å². The van der Waals surface area contributed by atoms with Crippen molar-refractivity contribution in [3.8, 4) is 0 Å². The third-order valence-corrected chi connectivity index (χ3v) is 5.54. The second-order valence-corrected chi connectivity index (χ2v) is 7.13. The van der Waals surface area contributed by atoms with Gasteiger partial charge in [-0.25, -0.2) is 0 Å². The number of carbonyl (C=O) groups is 1. The zero-order valence-corrected chi connectivity index (χ0v) is 14.5. The van der Waals surface area contributed by atoms with Crippen LogP contribution < -0.4 is 0 Å². The summed E-state index contributed by atoms with van der Waals surface area (Å²) < 4.78 is 5.53. The molecule has 3 atom stereocenters. The van der Waals surface area contributed by atoms with E-state index in [1.54, 1.807) is 0 Å². The fourth-order valence-electron chi connectivity index (χ4n) is 3.71. The van der Waals surface area contributed by atoms with Crippen LogP contribution in [0.1, 0.15) is 40.7 Å². The number of ether oxygens (including phenoxy) is 1. The standard InChI is InChI=1S/C18H24ClNO3/c1-11-8-13(15(19)9-12(11)2)18(22)20-6-3-4-16(20)14-10-23-7-5-17(14)21/h8-9,14,16-17,21H,3-7,10H2,1-2H3/t14-,16-,17+/m1/s1. The fourth-order valence-corrected chi connectivity index (χ4v) is 4.00. The van der Waals surface area contributed by atoms with Gasteiger partial charge in [-0.05, 0) is 56.4 Å². The Morgan fingerprint density at radius 1 is 1.30 bits per heavy atom. The van der Waals surface area contributed by atoms with E-state index in [4.69, 9.17) is 16.3 Å². The van der Waals surface area contributed by atoms with E-state index < -0.39 is 6.10 Å². The van der Waals surface area contributed by atoms with Crippen molar-refractivity contribution in [1.82, 2.24) is 4.90 Å². The lowest BCUT2D eigenvalue weighted by molar-refractivity contribution is -0.0589. The van der Waals surface area contributed by atoms with Crippen LogP contribution in [-0.2, 0) is 4.74 Å². The minimum atomic E-state index is -0.391. The molecule has 0 bridgehead atoms. The maximum absolute atomic E-state index is 13.0. The summed E-state index contributed by atoms with van der Waals surface area (Å²) in [6.07, 6.45) is 2.13. The highest BCUT2D eigenvalue weighted by atomic mass is 35.5. The molecule has 2 heterocycles. The number of nitrogens with zero attached hydrogens (tertiary/aromatic N) is 1. The van der Waals surface area contributed by atoms with E-state index in [1.165, 1.54) is 0 Å². The van der Waals surface area contributed by atoms with Crippen molar-refractivity contribution in [3.05, 3.63) is 33.8 Å². The maximum atomic E-state index is 13.0. The van der Waals surface area contributed by atoms with Crippen LogP contribution in [0.4, 0.5) is 0 Å². The van der Waals surface area contributed by atoms with Gasteiger partial charge in [0.25, 0.3) is 5.91 Å². The van der Waals surface area contributed by atoms with Gasteiger partial charge in [-0.3, -0.25) is 4.79 Å². The number of halogens is 1. The third-order valence-electron chi connectivity index (χ3n) is 5.23. The number of hydrogen-bond donors (Lipinski definition) is 1. The summed E-state index contributed by atoms with van der Waals surface area (Å²) >= 11 is 6.32. The van der Waals surface area contributed by atoms with Crippen LogP contribution in [0.15, 0.2) is 12.1 Å². The molecule has 1 aromatic carbocycles. The number of likely N-dealkylation sites (tertiary alicyclic amines) is 1. The van der Waals surface area contributed by atoms with Gasteiger partial charge in [0.2, 0.25) is 0 Å². The van der Waals surface area contributed by atoms with Crippen LogP contribution in [0.2, 0.25) is 5.02 Å². The molecule has 0 unspecified atom stereocenters. The van der Waals surface area contributed by atoms with E-state index in [-0.39, 0.29) is 17.9 Å². The third kappa shape index (κ3) is 3.25. The van der Waals surface area contributed by atoms with Crippen molar-refractivity contribution in [2.24, 2.45) is 5.92 Å². The Bertz CT molecular complexity index is 604. The zero-order valence-electron chi connectivity index (χ0n) is 13.7. The van der Waals surface area contributed by atoms with Gasteiger partial charge in [-0.1, -0.05) is 11.6 Å². The summed E-state index contributed by atoms with van der Waals surface area (Å²) in [5.74, 6) is -0.0288. The smallest absolute Gasteiger partial charge is 0.255 e. The number of aliphatic hydroxyl groups excluding tert-OH is 1. The monoisotopic (exact) mass is 337 g/mol. The van der Waals surface area contributed by atoms with E-state index in [0.29, 0.717) is 30.2 Å². The maximum Gasteiger partial charge on any atom is 0.255 e. The predicted octanol–water partition coefficient (Wildman–Crippen LogP) is 2.96. The lowest BCUT2D eigenvalue weighted by Gasteiger charge is -2.37. The molecule has 126 valence electrons. The molecule has 1 aromatic rings. The van der Waals surface area contributed by atoms with Crippen LogP contribution in [0.5, 0.6) is 0 Å². The van der Waals surface area contributed by atoms with Gasteiger partial charge in [0.1, 0.15) is 0 Å². The van der Waals surface area contributed by atoms with E-state index in [0.717, 1.165) is 30.5 Å². The van der Waals surface area contributed by atoms with Crippen LogP contribution in [0.3, 0.4) is 0 Å². The number of hydrogen-bond acceptors (Lipinski definition) is 3. The Balaban J connectivity index is 1.85. The van der Waals surface area contributed by atoms with Crippen molar-refractivity contribution in [1.29, 1.82) is 0 Å². The van der Waals surface area contributed by atoms with Gasteiger partial charge in [0, 0.05) is 25.1 Å². The Kier molecular flexibility index (Phi) is 4.95. The lowest BCUT2D eigenvalue weighted by atomic mass is 9.89. The first-order valence-electron chi connectivity index (χ1n) is 8.32. The molecule has 0 aromatic heterocycles. The quantitative estimate of drug-likeness (QED) is 0.902. The molecule has 2 aliphatic heterocycles. The number of benzene rings is 1. The summed E-state index contributed by atoms with van der Waals surface area (Å²) in [5.41, 5.74) is 2.71. The summed E-state index contributed by atoms with van der Waals surface area (Å²) in [6, 6.07) is 3.77. The van der Waals surface area contributed by atoms with E-state index in [9.17, 15) is 9.90 Å². The molecule has 2 fully saturated rings. The van der Waals surface area contributed by atoms with Crippen LogP contribution in [0.25, 0.3) is 0 Å². The number of aliphatic hydroxyl groups is 1. The SMILES string of the molecule is Cc1cc(Cl)c(C(=O)N2CCC[C@@H]2[C@H]2COCC[C@@H]2O)cc1C. The highest BCUT2D eigenvalue weighted by molar-refractivity contribution is 6.34. The first-order chi connectivity index (χ1) is 11.0. The van der Waals surface area contributed by atoms with Crippen molar-refractivity contribution < 1.29 is 14.6 Å². The van der Waals surface area contributed by atoms with Gasteiger partial charge >= 0.3 is 0 Å². The number of carbonyl (C=O) groups excluding carboxylic acids is 1. The average molecular weight is 338 g/mol. The lowest BCUT2D eigenvalue weighted by Crippen LogP contribution is -2.48.